The molecule has 3 heterocycles. The number of benzene rings is 1. The van der Waals surface area contributed by atoms with Gasteiger partial charge in [0.25, 0.3) is 0 Å². The van der Waals surface area contributed by atoms with Crippen LogP contribution in [0.4, 0.5) is 5.69 Å². The fourth-order valence-electron chi connectivity index (χ4n) is 3.82. The fourth-order valence-corrected chi connectivity index (χ4v) is 4.70. The topological polar surface area (TPSA) is 71.5 Å². The Morgan fingerprint density at radius 2 is 2.03 bits per heavy atom. The summed E-state index contributed by atoms with van der Waals surface area (Å²) >= 11 is 1.56. The maximum Gasteiger partial charge on any atom is 0.228 e. The highest BCUT2D eigenvalue weighted by molar-refractivity contribution is 7.10. The average molecular weight is 422 g/mol. The molecule has 1 aliphatic rings. The summed E-state index contributed by atoms with van der Waals surface area (Å²) in [4.78, 5) is 33.1. The van der Waals surface area contributed by atoms with Crippen LogP contribution in [0.25, 0.3) is 0 Å². The zero-order chi connectivity index (χ0) is 21.1. The van der Waals surface area contributed by atoms with Crippen molar-refractivity contribution >= 4 is 28.8 Å². The number of hydrogen-bond acceptors (Lipinski definition) is 5. The van der Waals surface area contributed by atoms with Gasteiger partial charge in [-0.05, 0) is 36.6 Å². The second-order valence-corrected chi connectivity index (χ2v) is 8.24. The molecule has 1 aliphatic heterocycles. The van der Waals surface area contributed by atoms with Gasteiger partial charge in [0.05, 0.1) is 19.1 Å². The summed E-state index contributed by atoms with van der Waals surface area (Å²) in [7, 11) is 1.55. The molecule has 6 nitrogen and oxygen atoms in total. The van der Waals surface area contributed by atoms with E-state index in [-0.39, 0.29) is 24.3 Å². The zero-order valence-corrected chi connectivity index (χ0v) is 17.7. The van der Waals surface area contributed by atoms with Crippen LogP contribution >= 0.6 is 11.3 Å². The maximum atomic E-state index is 13.2. The van der Waals surface area contributed by atoms with Crippen LogP contribution in [0, 0.1) is 12.8 Å². The number of rotatable bonds is 6. The van der Waals surface area contributed by atoms with E-state index in [0.717, 1.165) is 21.7 Å². The van der Waals surface area contributed by atoms with Crippen LogP contribution in [0.2, 0.25) is 0 Å². The summed E-state index contributed by atoms with van der Waals surface area (Å²) in [6.07, 6.45) is 1.82. The summed E-state index contributed by atoms with van der Waals surface area (Å²) in [6.45, 7) is 2.30. The van der Waals surface area contributed by atoms with Gasteiger partial charge in [0.2, 0.25) is 17.7 Å². The normalized spacial score (nSPS) is 18.5. The second-order valence-electron chi connectivity index (χ2n) is 7.26. The van der Waals surface area contributed by atoms with E-state index >= 15 is 0 Å². The molecule has 0 spiro atoms. The predicted octanol–water partition coefficient (Wildman–Crippen LogP) is 3.87. The Bertz CT molecular complexity index is 1030. The minimum absolute atomic E-state index is 0.0450. The van der Waals surface area contributed by atoms with E-state index in [4.69, 9.17) is 4.74 Å². The first kappa shape index (κ1) is 20.1. The van der Waals surface area contributed by atoms with Crippen LogP contribution in [-0.4, -0.2) is 23.9 Å². The molecule has 2 amide bonds. The largest absolute Gasteiger partial charge is 0.481 e. The van der Waals surface area contributed by atoms with Crippen molar-refractivity contribution in [2.75, 3.05) is 12.0 Å². The van der Waals surface area contributed by atoms with Crippen molar-refractivity contribution in [3.05, 3.63) is 76.1 Å². The van der Waals surface area contributed by atoms with Crippen molar-refractivity contribution in [2.45, 2.75) is 25.9 Å². The lowest BCUT2D eigenvalue weighted by Crippen LogP contribution is -2.35. The first-order valence-corrected chi connectivity index (χ1v) is 10.6. The van der Waals surface area contributed by atoms with Gasteiger partial charge in [-0.25, -0.2) is 4.98 Å². The standard InChI is InChI=1S/C23H23N3O3S/c1-15-7-9-17(10-8-15)26-20(27)13-18(21(26)19-6-4-12-30-19)22(28)25-14-16-5-3-11-24-23(16)29-2/h3-12,18,21H,13-14H2,1-2H3,(H,25,28). The summed E-state index contributed by atoms with van der Waals surface area (Å²) in [5, 5.41) is 4.95. The summed E-state index contributed by atoms with van der Waals surface area (Å²) < 4.78 is 5.26. The molecule has 3 aromatic rings. The highest BCUT2D eigenvalue weighted by atomic mass is 32.1. The van der Waals surface area contributed by atoms with Crippen molar-refractivity contribution in [2.24, 2.45) is 5.92 Å². The van der Waals surface area contributed by atoms with Crippen LogP contribution in [0.1, 0.15) is 28.5 Å². The molecule has 0 saturated carbocycles. The van der Waals surface area contributed by atoms with Gasteiger partial charge in [0, 0.05) is 35.3 Å². The number of hydrogen-bond donors (Lipinski definition) is 1. The number of nitrogens with one attached hydrogen (secondary N) is 1. The highest BCUT2D eigenvalue weighted by Gasteiger charge is 2.45. The minimum atomic E-state index is -0.472. The Hall–Kier alpha value is -3.19. The van der Waals surface area contributed by atoms with Crippen molar-refractivity contribution in [3.8, 4) is 5.88 Å². The zero-order valence-electron chi connectivity index (χ0n) is 16.9. The number of aryl methyl sites for hydroxylation is 1. The first-order valence-electron chi connectivity index (χ1n) is 9.76. The van der Waals surface area contributed by atoms with E-state index in [2.05, 4.69) is 10.3 Å². The Labute approximate surface area is 179 Å². The van der Waals surface area contributed by atoms with Crippen LogP contribution < -0.4 is 15.0 Å². The third-order valence-electron chi connectivity index (χ3n) is 5.30. The number of pyridine rings is 1. The molecule has 1 N–H and O–H groups in total. The molecule has 4 rings (SSSR count). The summed E-state index contributed by atoms with van der Waals surface area (Å²) in [5.41, 5.74) is 2.73. The quantitative estimate of drug-likeness (QED) is 0.656. The third-order valence-corrected chi connectivity index (χ3v) is 6.25. The van der Waals surface area contributed by atoms with E-state index in [1.165, 1.54) is 0 Å². The minimum Gasteiger partial charge on any atom is -0.481 e. The molecule has 154 valence electrons. The molecular weight excluding hydrogens is 398 g/mol. The molecule has 1 aromatic carbocycles. The van der Waals surface area contributed by atoms with E-state index in [1.807, 2.05) is 54.8 Å². The highest BCUT2D eigenvalue weighted by Crippen LogP contribution is 2.43. The Balaban J connectivity index is 1.59. The molecule has 2 atom stereocenters. The fraction of sp³-hybridized carbons (Fsp3) is 0.261. The maximum absolute atomic E-state index is 13.2. The molecule has 0 bridgehead atoms. The third kappa shape index (κ3) is 3.93. The van der Waals surface area contributed by atoms with Crippen LogP contribution in [0.5, 0.6) is 5.88 Å². The molecule has 2 unspecified atom stereocenters. The molecule has 1 fully saturated rings. The lowest BCUT2D eigenvalue weighted by molar-refractivity contribution is -0.126. The number of anilines is 1. The van der Waals surface area contributed by atoms with Gasteiger partial charge < -0.3 is 15.0 Å². The van der Waals surface area contributed by atoms with Gasteiger partial charge in [0.1, 0.15) is 0 Å². The van der Waals surface area contributed by atoms with Gasteiger partial charge >= 0.3 is 0 Å². The van der Waals surface area contributed by atoms with Crippen molar-refractivity contribution in [1.29, 1.82) is 0 Å². The number of nitrogens with zero attached hydrogens (tertiary/aromatic N) is 2. The van der Waals surface area contributed by atoms with Gasteiger partial charge in [-0.1, -0.05) is 29.8 Å². The number of amides is 2. The lowest BCUT2D eigenvalue weighted by atomic mass is 9.97. The van der Waals surface area contributed by atoms with Crippen molar-refractivity contribution in [1.82, 2.24) is 10.3 Å². The Kier molecular flexibility index (Phi) is 5.81. The molecular formula is C23H23N3O3S. The molecule has 7 heteroatoms. The smallest absolute Gasteiger partial charge is 0.228 e. The van der Waals surface area contributed by atoms with Crippen LogP contribution in [0.15, 0.2) is 60.1 Å². The predicted molar refractivity (Wildman–Crippen MR) is 116 cm³/mol. The van der Waals surface area contributed by atoms with E-state index < -0.39 is 5.92 Å². The SMILES string of the molecule is COc1ncccc1CNC(=O)C1CC(=O)N(c2ccc(C)cc2)C1c1cccs1. The molecule has 1 saturated heterocycles. The van der Waals surface area contributed by atoms with Gasteiger partial charge in [-0.2, -0.15) is 0 Å². The Morgan fingerprint density at radius 3 is 2.73 bits per heavy atom. The number of carbonyl (C=O) groups excluding carboxylic acids is 2. The number of methoxy groups -OCH3 is 1. The second kappa shape index (κ2) is 8.67. The van der Waals surface area contributed by atoms with Crippen LogP contribution in [0.3, 0.4) is 0 Å². The van der Waals surface area contributed by atoms with Crippen LogP contribution in [-0.2, 0) is 16.1 Å². The molecule has 2 aromatic heterocycles. The Morgan fingerprint density at radius 1 is 1.23 bits per heavy atom. The number of carbonyl (C=O) groups is 2. The van der Waals surface area contributed by atoms with Crippen molar-refractivity contribution in [3.63, 3.8) is 0 Å². The van der Waals surface area contributed by atoms with Gasteiger partial charge in [0.15, 0.2) is 0 Å². The summed E-state index contributed by atoms with van der Waals surface area (Å²) in [6, 6.07) is 15.1. The average Bonchev–Trinajstić information content (AvgIpc) is 3.40. The van der Waals surface area contributed by atoms with Gasteiger partial charge in [-0.15, -0.1) is 11.3 Å². The number of thiophene rings is 1. The lowest BCUT2D eigenvalue weighted by Gasteiger charge is -2.27. The monoisotopic (exact) mass is 421 g/mol. The number of ether oxygens (including phenoxy) is 1. The van der Waals surface area contributed by atoms with E-state index in [9.17, 15) is 9.59 Å². The van der Waals surface area contributed by atoms with Gasteiger partial charge in [-0.3, -0.25) is 9.59 Å². The molecule has 0 radical (unpaired) electrons. The van der Waals surface area contributed by atoms with E-state index in [0.29, 0.717) is 12.4 Å². The van der Waals surface area contributed by atoms with Crippen molar-refractivity contribution < 1.29 is 14.3 Å². The van der Waals surface area contributed by atoms with E-state index in [1.54, 1.807) is 35.6 Å². The molecule has 0 aliphatic carbocycles. The molecule has 30 heavy (non-hydrogen) atoms. The number of aromatic nitrogens is 1. The first-order chi connectivity index (χ1) is 14.6. The summed E-state index contributed by atoms with van der Waals surface area (Å²) in [5.74, 6) is -0.185.